The summed E-state index contributed by atoms with van der Waals surface area (Å²) < 4.78 is 89.9. The Kier molecular flexibility index (Phi) is 8.02. The highest BCUT2D eigenvalue weighted by atomic mass is 32.2. The average molecular weight is 565 g/mol. The lowest BCUT2D eigenvalue weighted by Crippen LogP contribution is -2.32. The van der Waals surface area contributed by atoms with Gasteiger partial charge < -0.3 is 19.5 Å². The van der Waals surface area contributed by atoms with Gasteiger partial charge in [0.2, 0.25) is 5.88 Å². The quantitative estimate of drug-likeness (QED) is 0.326. The van der Waals surface area contributed by atoms with Crippen molar-refractivity contribution in [3.8, 4) is 17.4 Å². The Balaban J connectivity index is 1.50. The van der Waals surface area contributed by atoms with Gasteiger partial charge in [-0.25, -0.2) is 0 Å². The number of benzene rings is 2. The number of nitrogens with zero attached hydrogens (tertiary/aromatic N) is 2. The maximum Gasteiger partial charge on any atom is 0.416 e. The number of methoxy groups -OCH3 is 1. The minimum Gasteiger partial charge on any atom is -0.493 e. The van der Waals surface area contributed by atoms with E-state index < -0.39 is 35.6 Å². The molecule has 0 saturated carbocycles. The van der Waals surface area contributed by atoms with E-state index in [1.807, 2.05) is 11.8 Å². The van der Waals surface area contributed by atoms with Crippen LogP contribution >= 0.6 is 23.1 Å². The third kappa shape index (κ3) is 6.56. The second-order valence-electron chi connectivity index (χ2n) is 8.16. The Hall–Kier alpha value is -2.80. The van der Waals surface area contributed by atoms with Crippen LogP contribution in [0.3, 0.4) is 0 Å². The van der Waals surface area contributed by atoms with Crippen LogP contribution in [0.1, 0.15) is 27.1 Å². The van der Waals surface area contributed by atoms with Gasteiger partial charge in [-0.05, 0) is 29.8 Å². The molecule has 1 aliphatic rings. The fraction of sp³-hybridized carbons (Fsp3) is 0.375. The Bertz CT molecular complexity index is 1240. The molecule has 2 aromatic carbocycles. The topological polar surface area (TPSA) is 54.8 Å². The highest BCUT2D eigenvalue weighted by molar-refractivity contribution is 7.99. The molecular weight excluding hydrogens is 542 g/mol. The first-order valence-electron chi connectivity index (χ1n) is 11.0. The summed E-state index contributed by atoms with van der Waals surface area (Å²) in [6.45, 7) is 1.09. The van der Waals surface area contributed by atoms with Crippen molar-refractivity contribution in [2.45, 2.75) is 25.4 Å². The first kappa shape index (κ1) is 27.2. The van der Waals surface area contributed by atoms with Gasteiger partial charge in [0.15, 0.2) is 16.6 Å². The minimum atomic E-state index is -4.99. The van der Waals surface area contributed by atoms with Crippen molar-refractivity contribution in [2.24, 2.45) is 0 Å². The smallest absolute Gasteiger partial charge is 0.416 e. The van der Waals surface area contributed by atoms with Crippen molar-refractivity contribution < 1.29 is 40.9 Å². The molecule has 0 bridgehead atoms. The second-order valence-corrected chi connectivity index (χ2v) is 10.4. The van der Waals surface area contributed by atoms with Gasteiger partial charge in [0, 0.05) is 36.6 Å². The number of rotatable bonds is 7. The van der Waals surface area contributed by atoms with Gasteiger partial charge in [0.05, 0.1) is 23.1 Å². The Labute approximate surface area is 217 Å². The van der Waals surface area contributed by atoms with Crippen LogP contribution in [0.4, 0.5) is 31.5 Å². The lowest BCUT2D eigenvalue weighted by atomic mass is 10.0. The summed E-state index contributed by atoms with van der Waals surface area (Å²) in [5.41, 5.74) is -2.50. The lowest BCUT2D eigenvalue weighted by molar-refractivity contribution is -0.143. The number of thioether (sulfide) groups is 1. The number of ether oxygens (including phenoxy) is 2. The molecule has 1 fully saturated rings. The summed E-state index contributed by atoms with van der Waals surface area (Å²) in [6, 6.07) is 6.24. The molecule has 1 saturated heterocycles. The third-order valence-corrected chi connectivity index (χ3v) is 7.71. The van der Waals surface area contributed by atoms with Gasteiger partial charge in [0.25, 0.3) is 0 Å². The van der Waals surface area contributed by atoms with E-state index in [2.05, 4.69) is 9.88 Å². The number of halogens is 6. The van der Waals surface area contributed by atoms with Gasteiger partial charge in [-0.1, -0.05) is 23.5 Å². The molecule has 0 atom stereocenters. The summed E-state index contributed by atoms with van der Waals surface area (Å²) in [5, 5.41) is 11.1. The zero-order valence-corrected chi connectivity index (χ0v) is 21.1. The number of hydrogen-bond acceptors (Lipinski definition) is 7. The Morgan fingerprint density at radius 2 is 1.70 bits per heavy atom. The van der Waals surface area contributed by atoms with Crippen LogP contribution in [0.15, 0.2) is 36.4 Å². The molecule has 37 heavy (non-hydrogen) atoms. The van der Waals surface area contributed by atoms with E-state index in [0.717, 1.165) is 41.4 Å². The van der Waals surface area contributed by atoms with Crippen molar-refractivity contribution in [2.75, 3.05) is 36.6 Å². The summed E-state index contributed by atoms with van der Waals surface area (Å²) in [6.07, 6.45) is -9.55. The molecule has 13 heteroatoms. The third-order valence-electron chi connectivity index (χ3n) is 5.67. The molecule has 0 spiro atoms. The van der Waals surface area contributed by atoms with Crippen LogP contribution in [0.2, 0.25) is 0 Å². The number of aromatic nitrogens is 1. The molecule has 0 unspecified atom stereocenters. The minimum absolute atomic E-state index is 0.0560. The molecule has 3 aromatic rings. The standard InChI is InChI=1S/C24H22F6N2O3S2/c1-34-19-10-14(11-20-21(33)31-22(37-20)32-6-8-36-9-7-32)2-5-18(19)35-13-15-3-4-16(23(25,26)27)12-17(15)24(28,29)30/h2-5,10,12,33H,6-9,11,13H2,1H3. The van der Waals surface area contributed by atoms with E-state index in [9.17, 15) is 31.4 Å². The van der Waals surface area contributed by atoms with E-state index >= 15 is 0 Å². The maximum atomic E-state index is 13.4. The van der Waals surface area contributed by atoms with Gasteiger partial charge in [-0.2, -0.15) is 43.1 Å². The van der Waals surface area contributed by atoms with Gasteiger partial charge in [-0.3, -0.25) is 0 Å². The van der Waals surface area contributed by atoms with E-state index in [4.69, 9.17) is 9.47 Å². The fourth-order valence-electron chi connectivity index (χ4n) is 3.76. The highest BCUT2D eigenvalue weighted by Crippen LogP contribution is 2.39. The average Bonchev–Trinajstić information content (AvgIpc) is 3.22. The van der Waals surface area contributed by atoms with Crippen molar-refractivity contribution in [3.05, 3.63) is 63.5 Å². The zero-order chi connectivity index (χ0) is 26.8. The summed E-state index contributed by atoms with van der Waals surface area (Å²) in [7, 11) is 1.36. The van der Waals surface area contributed by atoms with Crippen LogP contribution < -0.4 is 14.4 Å². The van der Waals surface area contributed by atoms with Gasteiger partial charge in [0.1, 0.15) is 6.61 Å². The normalized spacial score (nSPS) is 14.6. The van der Waals surface area contributed by atoms with Gasteiger partial charge >= 0.3 is 12.4 Å². The molecular formula is C24H22F6N2O3S2. The number of aromatic hydroxyl groups is 1. The molecule has 0 radical (unpaired) electrons. The van der Waals surface area contributed by atoms with Crippen LogP contribution in [0.5, 0.6) is 17.4 Å². The summed E-state index contributed by atoms with van der Waals surface area (Å²) >= 11 is 3.25. The number of alkyl halides is 6. The summed E-state index contributed by atoms with van der Waals surface area (Å²) in [4.78, 5) is 7.05. The molecule has 4 rings (SSSR count). The highest BCUT2D eigenvalue weighted by Gasteiger charge is 2.38. The molecule has 2 heterocycles. The zero-order valence-electron chi connectivity index (χ0n) is 19.4. The van der Waals surface area contributed by atoms with Crippen molar-refractivity contribution >= 4 is 28.2 Å². The number of anilines is 1. The van der Waals surface area contributed by atoms with Crippen molar-refractivity contribution in [1.82, 2.24) is 4.98 Å². The van der Waals surface area contributed by atoms with E-state index in [1.54, 1.807) is 12.1 Å². The molecule has 1 aromatic heterocycles. The molecule has 5 nitrogen and oxygen atoms in total. The molecule has 1 N–H and O–H groups in total. The van der Waals surface area contributed by atoms with Crippen LogP contribution in [-0.4, -0.2) is 41.8 Å². The van der Waals surface area contributed by atoms with E-state index in [0.29, 0.717) is 17.4 Å². The Morgan fingerprint density at radius 1 is 0.973 bits per heavy atom. The van der Waals surface area contributed by atoms with Crippen LogP contribution in [0.25, 0.3) is 0 Å². The maximum absolute atomic E-state index is 13.4. The van der Waals surface area contributed by atoms with Crippen molar-refractivity contribution in [1.29, 1.82) is 0 Å². The first-order chi connectivity index (χ1) is 17.5. The fourth-order valence-corrected chi connectivity index (χ4v) is 5.70. The molecule has 1 aliphatic heterocycles. The number of hydrogen-bond donors (Lipinski definition) is 1. The molecule has 0 amide bonds. The summed E-state index contributed by atoms with van der Waals surface area (Å²) in [5.74, 6) is 2.28. The van der Waals surface area contributed by atoms with Crippen LogP contribution in [-0.2, 0) is 25.4 Å². The first-order valence-corrected chi connectivity index (χ1v) is 13.0. The van der Waals surface area contributed by atoms with E-state index in [1.165, 1.54) is 24.5 Å². The number of thiazole rings is 1. The SMILES string of the molecule is COc1cc(Cc2sc(N3CCSCC3)nc2O)ccc1OCc1ccc(C(F)(F)F)cc1C(F)(F)F. The van der Waals surface area contributed by atoms with E-state index in [-0.39, 0.29) is 23.4 Å². The monoisotopic (exact) mass is 564 g/mol. The lowest BCUT2D eigenvalue weighted by Gasteiger charge is -2.25. The van der Waals surface area contributed by atoms with Crippen molar-refractivity contribution in [3.63, 3.8) is 0 Å². The predicted molar refractivity (Wildman–Crippen MR) is 130 cm³/mol. The second kappa shape index (κ2) is 10.9. The predicted octanol–water partition coefficient (Wildman–Crippen LogP) is 6.62. The molecule has 200 valence electrons. The Morgan fingerprint density at radius 3 is 2.35 bits per heavy atom. The molecule has 0 aliphatic carbocycles. The van der Waals surface area contributed by atoms with Gasteiger partial charge in [-0.15, -0.1) is 0 Å². The van der Waals surface area contributed by atoms with Crippen LogP contribution in [0, 0.1) is 0 Å². The largest absolute Gasteiger partial charge is 0.493 e.